The second kappa shape index (κ2) is 12.0. The van der Waals surface area contributed by atoms with Crippen molar-refractivity contribution in [3.05, 3.63) is 87.0 Å². The lowest BCUT2D eigenvalue weighted by Crippen LogP contribution is -2.44. The number of ether oxygens (including phenoxy) is 1. The number of fused-ring (bicyclic) bond motifs is 1. The molecule has 8 heteroatoms. The standard InChI is InChI=1S/C32H31ClFN3O2S/c1-19-7-13-26(34)30-28(19)29(33)31(40-30)32(38)37(25-11-9-24(36-2)10-12-25)18-23-16-22(8-14-27(23)39-3)21-6-4-5-20(15-21)17-35/h4-8,13-16,24-25,36H,9-12,18H2,1-3H3. The van der Waals surface area contributed by atoms with Gasteiger partial charge < -0.3 is 15.0 Å². The van der Waals surface area contributed by atoms with Crippen LogP contribution in [0.1, 0.15) is 52.0 Å². The zero-order valence-corrected chi connectivity index (χ0v) is 24.3. The Morgan fingerprint density at radius 1 is 1.15 bits per heavy atom. The molecule has 3 aromatic carbocycles. The summed E-state index contributed by atoms with van der Waals surface area (Å²) in [5, 5.41) is 13.6. The van der Waals surface area contributed by atoms with Crippen molar-refractivity contribution >= 4 is 38.9 Å². The number of rotatable bonds is 7. The molecule has 0 saturated heterocycles. The van der Waals surface area contributed by atoms with Gasteiger partial charge in [-0.1, -0.05) is 35.9 Å². The van der Waals surface area contributed by atoms with Crippen LogP contribution in [0.5, 0.6) is 5.75 Å². The highest BCUT2D eigenvalue weighted by molar-refractivity contribution is 7.21. The molecule has 1 saturated carbocycles. The van der Waals surface area contributed by atoms with E-state index in [4.69, 9.17) is 16.3 Å². The third-order valence-corrected chi connectivity index (χ3v) is 9.56. The maximum absolute atomic E-state index is 14.7. The summed E-state index contributed by atoms with van der Waals surface area (Å²) in [4.78, 5) is 16.5. The molecule has 1 N–H and O–H groups in total. The van der Waals surface area contributed by atoms with Gasteiger partial charge in [0, 0.05) is 29.6 Å². The summed E-state index contributed by atoms with van der Waals surface area (Å²) in [6, 6.07) is 19.0. The number of carbonyl (C=O) groups excluding carboxylic acids is 1. The number of amides is 1. The van der Waals surface area contributed by atoms with Crippen molar-refractivity contribution in [3.8, 4) is 22.9 Å². The quantitative estimate of drug-likeness (QED) is 0.245. The van der Waals surface area contributed by atoms with Gasteiger partial charge in [0.1, 0.15) is 16.4 Å². The number of nitrogens with zero attached hydrogens (tertiary/aromatic N) is 2. The minimum absolute atomic E-state index is 0.000369. The van der Waals surface area contributed by atoms with Gasteiger partial charge in [-0.15, -0.1) is 11.3 Å². The highest BCUT2D eigenvalue weighted by atomic mass is 35.5. The average molecular weight is 576 g/mol. The largest absolute Gasteiger partial charge is 0.496 e. The number of hydrogen-bond acceptors (Lipinski definition) is 5. The molecule has 4 aromatic rings. The van der Waals surface area contributed by atoms with Crippen molar-refractivity contribution < 1.29 is 13.9 Å². The fourth-order valence-corrected chi connectivity index (χ4v) is 7.26. The number of nitrogens with one attached hydrogen (secondary N) is 1. The first-order chi connectivity index (χ1) is 19.3. The lowest BCUT2D eigenvalue weighted by molar-refractivity contribution is 0.0604. The molecule has 5 nitrogen and oxygen atoms in total. The van der Waals surface area contributed by atoms with Crippen LogP contribution in [-0.4, -0.2) is 37.0 Å². The molecule has 0 atom stereocenters. The third-order valence-electron chi connectivity index (χ3n) is 7.89. The number of benzene rings is 3. The van der Waals surface area contributed by atoms with E-state index in [-0.39, 0.29) is 17.8 Å². The van der Waals surface area contributed by atoms with Crippen molar-refractivity contribution in [1.82, 2.24) is 10.2 Å². The first kappa shape index (κ1) is 28.1. The second-order valence-corrected chi connectivity index (χ2v) is 11.7. The monoisotopic (exact) mass is 575 g/mol. The second-order valence-electron chi connectivity index (χ2n) is 10.3. The van der Waals surface area contributed by atoms with Gasteiger partial charge in [0.05, 0.1) is 28.5 Å². The Kier molecular flexibility index (Phi) is 8.41. The van der Waals surface area contributed by atoms with Crippen molar-refractivity contribution in [2.24, 2.45) is 0 Å². The van der Waals surface area contributed by atoms with Gasteiger partial charge in [-0.3, -0.25) is 4.79 Å². The van der Waals surface area contributed by atoms with Crippen molar-refractivity contribution in [2.75, 3.05) is 14.2 Å². The van der Waals surface area contributed by atoms with Gasteiger partial charge in [0.15, 0.2) is 0 Å². The molecule has 0 spiro atoms. The van der Waals surface area contributed by atoms with E-state index in [0.717, 1.165) is 59.3 Å². The van der Waals surface area contributed by atoms with E-state index < -0.39 is 0 Å². The molecule has 1 aliphatic carbocycles. The van der Waals surface area contributed by atoms with Gasteiger partial charge in [-0.25, -0.2) is 4.39 Å². The number of aryl methyl sites for hydroxylation is 1. The third kappa shape index (κ3) is 5.44. The molecule has 1 aliphatic rings. The van der Waals surface area contributed by atoms with E-state index >= 15 is 0 Å². The average Bonchev–Trinajstić information content (AvgIpc) is 3.35. The summed E-state index contributed by atoms with van der Waals surface area (Å²) >= 11 is 7.91. The highest BCUT2D eigenvalue weighted by Gasteiger charge is 2.32. The van der Waals surface area contributed by atoms with Gasteiger partial charge in [0.25, 0.3) is 5.91 Å². The van der Waals surface area contributed by atoms with Crippen molar-refractivity contribution in [1.29, 1.82) is 5.26 Å². The van der Waals surface area contributed by atoms with E-state index in [1.54, 1.807) is 19.2 Å². The number of nitriles is 1. The van der Waals surface area contributed by atoms with Gasteiger partial charge in [-0.2, -0.15) is 5.26 Å². The molecule has 206 valence electrons. The normalized spacial score (nSPS) is 17.0. The van der Waals surface area contributed by atoms with Gasteiger partial charge in [0.2, 0.25) is 0 Å². The van der Waals surface area contributed by atoms with Crippen LogP contribution in [0.25, 0.3) is 21.2 Å². The van der Waals surface area contributed by atoms with E-state index in [1.165, 1.54) is 6.07 Å². The summed E-state index contributed by atoms with van der Waals surface area (Å²) in [7, 11) is 3.59. The Bertz CT molecular complexity index is 1600. The molecule has 40 heavy (non-hydrogen) atoms. The molecular formula is C32H31ClFN3O2S. The lowest BCUT2D eigenvalue weighted by Gasteiger charge is -2.37. The van der Waals surface area contributed by atoms with Crippen LogP contribution in [0.3, 0.4) is 0 Å². The smallest absolute Gasteiger partial charge is 0.266 e. The Morgan fingerprint density at radius 3 is 2.58 bits per heavy atom. The minimum atomic E-state index is -0.374. The van der Waals surface area contributed by atoms with Crippen LogP contribution in [0.15, 0.2) is 54.6 Å². The minimum Gasteiger partial charge on any atom is -0.496 e. The summed E-state index contributed by atoms with van der Waals surface area (Å²) in [6.45, 7) is 2.19. The number of hydrogen-bond donors (Lipinski definition) is 1. The van der Waals surface area contributed by atoms with E-state index in [9.17, 15) is 14.4 Å². The van der Waals surface area contributed by atoms with Crippen LogP contribution in [0.4, 0.5) is 4.39 Å². The first-order valence-corrected chi connectivity index (χ1v) is 14.6. The van der Waals surface area contributed by atoms with Crippen LogP contribution >= 0.6 is 22.9 Å². The number of halogens is 2. The van der Waals surface area contributed by atoms with Crippen LogP contribution in [-0.2, 0) is 6.54 Å². The Balaban J connectivity index is 1.56. The lowest BCUT2D eigenvalue weighted by atomic mass is 9.89. The molecule has 1 amide bonds. The summed E-state index contributed by atoms with van der Waals surface area (Å²) in [6.07, 6.45) is 3.60. The first-order valence-electron chi connectivity index (χ1n) is 13.4. The molecule has 0 aliphatic heterocycles. The fraction of sp³-hybridized carbons (Fsp3) is 0.312. The van der Waals surface area contributed by atoms with Crippen molar-refractivity contribution in [3.63, 3.8) is 0 Å². The highest BCUT2D eigenvalue weighted by Crippen LogP contribution is 2.41. The molecule has 0 radical (unpaired) electrons. The van der Waals surface area contributed by atoms with E-state index in [1.807, 2.05) is 55.3 Å². The SMILES string of the molecule is CNC1CCC(N(Cc2cc(-c3cccc(C#N)c3)ccc2OC)C(=O)c2sc3c(F)ccc(C)c3c2Cl)CC1. The fourth-order valence-electron chi connectivity index (χ4n) is 5.63. The number of carbonyl (C=O) groups is 1. The Morgan fingerprint density at radius 2 is 1.90 bits per heavy atom. The zero-order chi connectivity index (χ0) is 28.4. The molecule has 0 unspecified atom stereocenters. The van der Waals surface area contributed by atoms with Crippen molar-refractivity contribution in [2.45, 2.75) is 51.2 Å². The number of methoxy groups -OCH3 is 1. The number of thiophene rings is 1. The Hall–Kier alpha value is -3.44. The predicted molar refractivity (Wildman–Crippen MR) is 160 cm³/mol. The summed E-state index contributed by atoms with van der Waals surface area (Å²) < 4.78 is 20.9. The van der Waals surface area contributed by atoms with Gasteiger partial charge in [-0.05, 0) is 86.7 Å². The topological polar surface area (TPSA) is 65.4 Å². The van der Waals surface area contributed by atoms with E-state index in [0.29, 0.717) is 43.9 Å². The van der Waals surface area contributed by atoms with Crippen LogP contribution in [0.2, 0.25) is 5.02 Å². The van der Waals surface area contributed by atoms with Crippen LogP contribution < -0.4 is 10.1 Å². The Labute approximate surface area is 243 Å². The maximum atomic E-state index is 14.7. The summed E-state index contributed by atoms with van der Waals surface area (Å²) in [5.41, 5.74) is 4.11. The molecule has 0 bridgehead atoms. The molecule has 1 heterocycles. The van der Waals surface area contributed by atoms with Gasteiger partial charge >= 0.3 is 0 Å². The molecular weight excluding hydrogens is 545 g/mol. The predicted octanol–water partition coefficient (Wildman–Crippen LogP) is 7.72. The molecule has 1 fully saturated rings. The van der Waals surface area contributed by atoms with E-state index in [2.05, 4.69) is 11.4 Å². The zero-order valence-electron chi connectivity index (χ0n) is 22.8. The van der Waals surface area contributed by atoms with Crippen LogP contribution in [0, 0.1) is 24.1 Å². The molecule has 5 rings (SSSR count). The maximum Gasteiger partial charge on any atom is 0.266 e. The summed E-state index contributed by atoms with van der Waals surface area (Å²) in [5.74, 6) is 0.102. The molecule has 1 aromatic heterocycles.